The molecule has 0 amide bonds. The molecular formula is C20H18O. The number of terminal acetylenes is 2. The number of hydrogen-bond donors (Lipinski definition) is 0. The summed E-state index contributed by atoms with van der Waals surface area (Å²) in [5.74, 6) is 5.33. The van der Waals surface area contributed by atoms with E-state index in [9.17, 15) is 0 Å². The molecule has 0 bridgehead atoms. The molecule has 0 spiro atoms. The van der Waals surface area contributed by atoms with Crippen molar-refractivity contribution in [1.29, 1.82) is 0 Å². The Hall–Kier alpha value is -2.48. The van der Waals surface area contributed by atoms with E-state index in [-0.39, 0.29) is 0 Å². The minimum Gasteiger partial charge on any atom is -0.340 e. The Balaban J connectivity index is 2.20. The van der Waals surface area contributed by atoms with Gasteiger partial charge in [0.1, 0.15) is 12.2 Å². The van der Waals surface area contributed by atoms with E-state index in [1.165, 1.54) is 11.1 Å². The highest BCUT2D eigenvalue weighted by Crippen LogP contribution is 2.26. The zero-order chi connectivity index (χ0) is 15.2. The van der Waals surface area contributed by atoms with Crippen molar-refractivity contribution in [3.63, 3.8) is 0 Å². The Morgan fingerprint density at radius 2 is 1.05 bits per heavy atom. The first kappa shape index (κ1) is 14.9. The topological polar surface area (TPSA) is 9.23 Å². The number of aryl methyl sites for hydroxylation is 2. The SMILES string of the molecule is C#CC(OC(C#C)c1ccc(C)cc1)c1ccc(C)cc1. The van der Waals surface area contributed by atoms with Gasteiger partial charge in [0.15, 0.2) is 0 Å². The molecule has 104 valence electrons. The zero-order valence-corrected chi connectivity index (χ0v) is 12.3. The highest BCUT2D eigenvalue weighted by atomic mass is 16.5. The van der Waals surface area contributed by atoms with Gasteiger partial charge in [-0.3, -0.25) is 0 Å². The normalized spacial score (nSPS) is 13.0. The molecule has 0 N–H and O–H groups in total. The monoisotopic (exact) mass is 274 g/mol. The van der Waals surface area contributed by atoms with Crippen molar-refractivity contribution < 1.29 is 4.74 Å². The first-order valence-corrected chi connectivity index (χ1v) is 6.85. The summed E-state index contributed by atoms with van der Waals surface area (Å²) in [4.78, 5) is 0. The van der Waals surface area contributed by atoms with Crippen molar-refractivity contribution in [2.45, 2.75) is 26.1 Å². The molecule has 0 aliphatic heterocycles. The minimum absolute atomic E-state index is 0.451. The second kappa shape index (κ2) is 6.80. The van der Waals surface area contributed by atoms with Gasteiger partial charge in [0.05, 0.1) is 0 Å². The van der Waals surface area contributed by atoms with Crippen LogP contribution in [0.1, 0.15) is 34.5 Å². The van der Waals surface area contributed by atoms with Crippen LogP contribution in [0.5, 0.6) is 0 Å². The number of benzene rings is 2. The molecule has 1 heteroatoms. The maximum atomic E-state index is 5.93. The lowest BCUT2D eigenvalue weighted by molar-refractivity contribution is 0.0516. The molecule has 0 aromatic heterocycles. The summed E-state index contributed by atoms with van der Waals surface area (Å²) in [6.07, 6.45) is 10.3. The van der Waals surface area contributed by atoms with E-state index in [0.29, 0.717) is 0 Å². The van der Waals surface area contributed by atoms with Crippen molar-refractivity contribution in [2.75, 3.05) is 0 Å². The van der Waals surface area contributed by atoms with E-state index < -0.39 is 12.2 Å². The molecule has 2 aromatic carbocycles. The molecule has 0 aliphatic rings. The van der Waals surface area contributed by atoms with Gasteiger partial charge < -0.3 is 4.74 Å². The third-order valence-electron chi connectivity index (χ3n) is 3.34. The Morgan fingerprint density at radius 1 is 0.714 bits per heavy atom. The summed E-state index contributed by atoms with van der Waals surface area (Å²) >= 11 is 0. The van der Waals surface area contributed by atoms with Gasteiger partial charge in [-0.25, -0.2) is 0 Å². The number of hydrogen-bond acceptors (Lipinski definition) is 1. The van der Waals surface area contributed by atoms with E-state index in [1.54, 1.807) is 0 Å². The smallest absolute Gasteiger partial charge is 0.145 e. The van der Waals surface area contributed by atoms with Gasteiger partial charge in [-0.2, -0.15) is 0 Å². The van der Waals surface area contributed by atoms with E-state index in [0.717, 1.165) is 11.1 Å². The van der Waals surface area contributed by atoms with Gasteiger partial charge in [-0.05, 0) is 25.0 Å². The lowest BCUT2D eigenvalue weighted by atomic mass is 10.1. The summed E-state index contributed by atoms with van der Waals surface area (Å²) in [7, 11) is 0. The van der Waals surface area contributed by atoms with E-state index in [2.05, 4.69) is 11.8 Å². The van der Waals surface area contributed by atoms with Crippen LogP contribution in [0.25, 0.3) is 0 Å². The lowest BCUT2D eigenvalue weighted by Crippen LogP contribution is -2.08. The standard InChI is InChI=1S/C20H18O/c1-5-19(17-11-7-15(3)8-12-17)21-20(6-2)18-13-9-16(4)10-14-18/h1-2,7-14,19-20H,3-4H3. The van der Waals surface area contributed by atoms with E-state index in [1.807, 2.05) is 62.4 Å². The van der Waals surface area contributed by atoms with Gasteiger partial charge in [-0.15, -0.1) is 12.8 Å². The maximum Gasteiger partial charge on any atom is 0.145 e. The van der Waals surface area contributed by atoms with Crippen LogP contribution in [0.2, 0.25) is 0 Å². The Kier molecular flexibility index (Phi) is 4.83. The van der Waals surface area contributed by atoms with Crippen molar-refractivity contribution in [1.82, 2.24) is 0 Å². The average molecular weight is 274 g/mol. The molecule has 2 aromatic rings. The largest absolute Gasteiger partial charge is 0.340 e. The molecule has 0 saturated heterocycles. The molecule has 0 fully saturated rings. The predicted octanol–water partition coefficient (Wildman–Crippen LogP) is 4.37. The molecule has 1 nitrogen and oxygen atoms in total. The van der Waals surface area contributed by atoms with Crippen LogP contribution >= 0.6 is 0 Å². The molecule has 0 heterocycles. The quantitative estimate of drug-likeness (QED) is 0.752. The molecule has 2 rings (SSSR count). The fourth-order valence-electron chi connectivity index (χ4n) is 2.05. The lowest BCUT2D eigenvalue weighted by Gasteiger charge is -2.18. The Morgan fingerprint density at radius 3 is 1.33 bits per heavy atom. The summed E-state index contributed by atoms with van der Waals surface area (Å²) in [6.45, 7) is 4.07. The van der Waals surface area contributed by atoms with Gasteiger partial charge in [0, 0.05) is 0 Å². The van der Waals surface area contributed by atoms with Gasteiger partial charge in [0.2, 0.25) is 0 Å². The van der Waals surface area contributed by atoms with Gasteiger partial charge >= 0.3 is 0 Å². The first-order chi connectivity index (χ1) is 10.1. The van der Waals surface area contributed by atoms with E-state index in [4.69, 9.17) is 17.6 Å². The van der Waals surface area contributed by atoms with Crippen LogP contribution in [0, 0.1) is 38.5 Å². The van der Waals surface area contributed by atoms with Crippen LogP contribution in [0.15, 0.2) is 48.5 Å². The molecule has 2 unspecified atom stereocenters. The number of rotatable bonds is 4. The van der Waals surface area contributed by atoms with Crippen molar-refractivity contribution in [3.05, 3.63) is 70.8 Å². The second-order valence-corrected chi connectivity index (χ2v) is 5.05. The summed E-state index contributed by atoms with van der Waals surface area (Å²) in [6, 6.07) is 16.0. The maximum absolute atomic E-state index is 5.93. The summed E-state index contributed by atoms with van der Waals surface area (Å²) in [5, 5.41) is 0. The van der Waals surface area contributed by atoms with Crippen LogP contribution in [0.3, 0.4) is 0 Å². The van der Waals surface area contributed by atoms with Crippen LogP contribution in [-0.2, 0) is 4.74 Å². The summed E-state index contributed by atoms with van der Waals surface area (Å²) in [5.41, 5.74) is 4.24. The number of ether oxygens (including phenoxy) is 1. The molecule has 2 atom stereocenters. The highest BCUT2D eigenvalue weighted by molar-refractivity contribution is 5.30. The fraction of sp³-hybridized carbons (Fsp3) is 0.200. The second-order valence-electron chi connectivity index (χ2n) is 5.05. The van der Waals surface area contributed by atoms with Crippen molar-refractivity contribution in [3.8, 4) is 24.7 Å². The Labute approximate surface area is 127 Å². The zero-order valence-electron chi connectivity index (χ0n) is 12.3. The molecule has 21 heavy (non-hydrogen) atoms. The molecular weight excluding hydrogens is 256 g/mol. The fourth-order valence-corrected chi connectivity index (χ4v) is 2.05. The Bertz CT molecular complexity index is 604. The third-order valence-corrected chi connectivity index (χ3v) is 3.34. The minimum atomic E-state index is -0.451. The van der Waals surface area contributed by atoms with Gasteiger partial charge in [0.25, 0.3) is 0 Å². The van der Waals surface area contributed by atoms with Crippen LogP contribution < -0.4 is 0 Å². The first-order valence-electron chi connectivity index (χ1n) is 6.85. The van der Waals surface area contributed by atoms with Crippen LogP contribution in [-0.4, -0.2) is 0 Å². The molecule has 0 aliphatic carbocycles. The van der Waals surface area contributed by atoms with Gasteiger partial charge in [-0.1, -0.05) is 71.5 Å². The molecule has 0 radical (unpaired) electrons. The highest BCUT2D eigenvalue weighted by Gasteiger charge is 2.16. The average Bonchev–Trinajstić information content (AvgIpc) is 2.51. The molecule has 0 saturated carbocycles. The third kappa shape index (κ3) is 3.76. The summed E-state index contributed by atoms with van der Waals surface area (Å²) < 4.78 is 5.93. The van der Waals surface area contributed by atoms with E-state index >= 15 is 0 Å². The predicted molar refractivity (Wildman–Crippen MR) is 86.6 cm³/mol. The van der Waals surface area contributed by atoms with Crippen LogP contribution in [0.4, 0.5) is 0 Å². The van der Waals surface area contributed by atoms with Crippen molar-refractivity contribution >= 4 is 0 Å². The van der Waals surface area contributed by atoms with Crippen molar-refractivity contribution in [2.24, 2.45) is 0 Å².